The van der Waals surface area contributed by atoms with Crippen LogP contribution in [0, 0.1) is 5.92 Å². The molecule has 11 heteroatoms. The summed E-state index contributed by atoms with van der Waals surface area (Å²) in [6.45, 7) is 6.68. The van der Waals surface area contributed by atoms with Gasteiger partial charge in [0.2, 0.25) is 0 Å². The molecule has 4 rings (SSSR count). The van der Waals surface area contributed by atoms with Crippen LogP contribution in [0.2, 0.25) is 0 Å². The van der Waals surface area contributed by atoms with Crippen molar-refractivity contribution in [1.82, 2.24) is 19.5 Å². The van der Waals surface area contributed by atoms with E-state index >= 15 is 0 Å². The molecule has 1 aliphatic heterocycles. The molecule has 0 saturated carbocycles. The number of nitrogen functional groups attached to an aromatic ring is 1. The number of hydrogen-bond donors (Lipinski definition) is 3. The van der Waals surface area contributed by atoms with E-state index in [4.69, 9.17) is 16.3 Å². The third-order valence-corrected chi connectivity index (χ3v) is 6.28. The molecule has 2 aromatic heterocycles. The number of benzene rings is 1. The molecular weight excluding hydrogens is 486 g/mol. The third kappa shape index (κ3) is 6.28. The molecular formula is C27H33N7O4. The molecule has 5 N–H and O–H groups in total. The van der Waals surface area contributed by atoms with Crippen molar-refractivity contribution in [3.63, 3.8) is 0 Å². The lowest BCUT2D eigenvalue weighted by Crippen LogP contribution is -2.42. The number of anilines is 1. The minimum Gasteiger partial charge on any atom is -0.444 e. The highest BCUT2D eigenvalue weighted by atomic mass is 16.6. The smallest absolute Gasteiger partial charge is 0.410 e. The molecule has 0 aliphatic carbocycles. The summed E-state index contributed by atoms with van der Waals surface area (Å²) in [5.41, 5.74) is 6.60. The molecule has 200 valence electrons. The van der Waals surface area contributed by atoms with Gasteiger partial charge in [-0.25, -0.2) is 19.4 Å². The largest absolute Gasteiger partial charge is 0.444 e. The maximum Gasteiger partial charge on any atom is 0.410 e. The number of nitrogens with one attached hydrogen (secondary N) is 1. The second-order valence-electron chi connectivity index (χ2n) is 10.3. The highest BCUT2D eigenvalue weighted by molar-refractivity contribution is 6.04. The number of rotatable bonds is 6. The van der Waals surface area contributed by atoms with Crippen molar-refractivity contribution in [2.75, 3.05) is 24.2 Å². The van der Waals surface area contributed by atoms with Crippen LogP contribution in [0.4, 0.5) is 10.6 Å². The van der Waals surface area contributed by atoms with E-state index in [1.165, 1.54) is 4.68 Å². The molecule has 3 aromatic rings. The summed E-state index contributed by atoms with van der Waals surface area (Å²) in [5, 5.41) is 2.73. The Balaban J connectivity index is 1.46. The SMILES string of the molecule is CC(C)(C)OC(=O)N1CCC(Cc2nc(-c3ccc(C(=O)Nc4ccccn4)cc3)c(C(N)=O)n2N)CC1. The first kappa shape index (κ1) is 26.6. The predicted octanol–water partition coefficient (Wildman–Crippen LogP) is 3.20. The molecule has 0 unspecified atom stereocenters. The van der Waals surface area contributed by atoms with Crippen molar-refractivity contribution in [1.29, 1.82) is 0 Å². The molecule has 3 heterocycles. The summed E-state index contributed by atoms with van der Waals surface area (Å²) in [4.78, 5) is 47.7. The van der Waals surface area contributed by atoms with Crippen molar-refractivity contribution in [2.45, 2.75) is 45.6 Å². The van der Waals surface area contributed by atoms with E-state index in [9.17, 15) is 14.4 Å². The monoisotopic (exact) mass is 519 g/mol. The highest BCUT2D eigenvalue weighted by Crippen LogP contribution is 2.27. The molecule has 38 heavy (non-hydrogen) atoms. The summed E-state index contributed by atoms with van der Waals surface area (Å²) >= 11 is 0. The normalized spacial score (nSPS) is 14.2. The second-order valence-corrected chi connectivity index (χ2v) is 10.3. The standard InChI is InChI=1S/C27H33N7O4/c1-27(2,3)38-26(37)33-14-11-17(12-15-33)16-21-32-22(23(24(28)35)34(21)29)18-7-9-19(10-8-18)25(36)31-20-6-4-5-13-30-20/h4-10,13,17H,11-12,14-16,29H2,1-3H3,(H2,28,35)(H,30,31,36). The fraction of sp³-hybridized carbons (Fsp3) is 0.370. The second kappa shape index (κ2) is 10.9. The number of piperidine rings is 1. The molecule has 0 atom stereocenters. The van der Waals surface area contributed by atoms with Gasteiger partial charge < -0.3 is 26.5 Å². The van der Waals surface area contributed by atoms with Gasteiger partial charge in [0.25, 0.3) is 11.8 Å². The number of primary amides is 1. The van der Waals surface area contributed by atoms with Crippen LogP contribution in [-0.4, -0.2) is 56.1 Å². The number of hydrogen-bond acceptors (Lipinski definition) is 7. The Kier molecular flexibility index (Phi) is 7.65. The van der Waals surface area contributed by atoms with Gasteiger partial charge in [-0.3, -0.25) is 9.59 Å². The summed E-state index contributed by atoms with van der Waals surface area (Å²) in [6, 6.07) is 11.9. The van der Waals surface area contributed by atoms with Crippen LogP contribution in [-0.2, 0) is 11.2 Å². The fourth-order valence-electron chi connectivity index (χ4n) is 4.37. The molecule has 1 aromatic carbocycles. The minimum absolute atomic E-state index is 0.0943. The maximum absolute atomic E-state index is 12.6. The number of ether oxygens (including phenoxy) is 1. The lowest BCUT2D eigenvalue weighted by molar-refractivity contribution is 0.0183. The van der Waals surface area contributed by atoms with Crippen LogP contribution >= 0.6 is 0 Å². The maximum atomic E-state index is 12.6. The van der Waals surface area contributed by atoms with Crippen LogP contribution in [0.25, 0.3) is 11.3 Å². The van der Waals surface area contributed by atoms with Gasteiger partial charge >= 0.3 is 6.09 Å². The van der Waals surface area contributed by atoms with Gasteiger partial charge in [-0.2, -0.15) is 0 Å². The molecule has 0 bridgehead atoms. The van der Waals surface area contributed by atoms with E-state index in [1.54, 1.807) is 53.6 Å². The quantitative estimate of drug-likeness (QED) is 0.422. The molecule has 0 spiro atoms. The molecule has 0 radical (unpaired) electrons. The highest BCUT2D eigenvalue weighted by Gasteiger charge is 2.29. The van der Waals surface area contributed by atoms with Gasteiger partial charge in [0, 0.05) is 36.8 Å². The number of carbonyl (C=O) groups excluding carboxylic acids is 3. The van der Waals surface area contributed by atoms with Crippen LogP contribution in [0.1, 0.15) is 60.3 Å². The summed E-state index contributed by atoms with van der Waals surface area (Å²) < 4.78 is 6.72. The third-order valence-electron chi connectivity index (χ3n) is 6.28. The van der Waals surface area contributed by atoms with Crippen LogP contribution in [0.5, 0.6) is 0 Å². The molecule has 3 amide bonds. The summed E-state index contributed by atoms with van der Waals surface area (Å²) in [7, 11) is 0. The number of likely N-dealkylation sites (tertiary alicyclic amines) is 1. The van der Waals surface area contributed by atoms with Crippen molar-refractivity contribution in [3.05, 3.63) is 65.7 Å². The average Bonchev–Trinajstić information content (AvgIpc) is 3.20. The van der Waals surface area contributed by atoms with Gasteiger partial charge in [-0.15, -0.1) is 0 Å². The molecule has 1 fully saturated rings. The van der Waals surface area contributed by atoms with Gasteiger partial charge in [-0.1, -0.05) is 18.2 Å². The minimum atomic E-state index is -0.696. The molecule has 1 aliphatic rings. The Labute approximate surface area is 221 Å². The summed E-state index contributed by atoms with van der Waals surface area (Å²) in [5.74, 6) is 6.46. The Morgan fingerprint density at radius 1 is 1.08 bits per heavy atom. The van der Waals surface area contributed by atoms with Crippen LogP contribution < -0.4 is 16.9 Å². The molecule has 1 saturated heterocycles. The van der Waals surface area contributed by atoms with E-state index in [2.05, 4.69) is 15.3 Å². The van der Waals surface area contributed by atoms with E-state index in [-0.39, 0.29) is 23.6 Å². The predicted molar refractivity (Wildman–Crippen MR) is 143 cm³/mol. The van der Waals surface area contributed by atoms with E-state index < -0.39 is 11.5 Å². The number of nitrogens with two attached hydrogens (primary N) is 2. The Hall–Kier alpha value is -4.41. The zero-order chi connectivity index (χ0) is 27.4. The van der Waals surface area contributed by atoms with Crippen LogP contribution in [0.3, 0.4) is 0 Å². The molecule has 11 nitrogen and oxygen atoms in total. The Morgan fingerprint density at radius 2 is 1.76 bits per heavy atom. The zero-order valence-electron chi connectivity index (χ0n) is 21.8. The van der Waals surface area contributed by atoms with E-state index in [0.29, 0.717) is 48.0 Å². The van der Waals surface area contributed by atoms with Crippen molar-refractivity contribution in [3.8, 4) is 11.3 Å². The Bertz CT molecular complexity index is 1310. The Morgan fingerprint density at radius 3 is 2.34 bits per heavy atom. The van der Waals surface area contributed by atoms with Gasteiger partial charge in [0.15, 0.2) is 5.69 Å². The first-order valence-corrected chi connectivity index (χ1v) is 12.5. The number of amides is 3. The van der Waals surface area contributed by atoms with E-state index in [0.717, 1.165) is 12.8 Å². The van der Waals surface area contributed by atoms with Crippen molar-refractivity contribution < 1.29 is 19.1 Å². The fourth-order valence-corrected chi connectivity index (χ4v) is 4.37. The number of imidazole rings is 1. The number of carbonyl (C=O) groups is 3. The lowest BCUT2D eigenvalue weighted by Gasteiger charge is -2.33. The van der Waals surface area contributed by atoms with Crippen molar-refractivity contribution in [2.24, 2.45) is 11.7 Å². The van der Waals surface area contributed by atoms with E-state index in [1.807, 2.05) is 20.8 Å². The lowest BCUT2D eigenvalue weighted by atomic mass is 9.93. The van der Waals surface area contributed by atoms with Crippen LogP contribution in [0.15, 0.2) is 48.7 Å². The topological polar surface area (TPSA) is 158 Å². The summed E-state index contributed by atoms with van der Waals surface area (Å²) in [6.07, 6.45) is 3.33. The van der Waals surface area contributed by atoms with Gasteiger partial charge in [0.05, 0.1) is 0 Å². The first-order valence-electron chi connectivity index (χ1n) is 12.5. The van der Waals surface area contributed by atoms with Gasteiger partial charge in [-0.05, 0) is 63.8 Å². The number of nitrogens with zero attached hydrogens (tertiary/aromatic N) is 4. The van der Waals surface area contributed by atoms with Crippen molar-refractivity contribution >= 4 is 23.7 Å². The van der Waals surface area contributed by atoms with Gasteiger partial charge in [0.1, 0.15) is 22.9 Å². The first-order chi connectivity index (χ1) is 18.0. The zero-order valence-corrected chi connectivity index (χ0v) is 21.8. The number of pyridine rings is 1. The number of aromatic nitrogens is 3. The average molecular weight is 520 g/mol.